The summed E-state index contributed by atoms with van der Waals surface area (Å²) in [6, 6.07) is 15.5. The summed E-state index contributed by atoms with van der Waals surface area (Å²) >= 11 is 5.96. The maximum absolute atomic E-state index is 12.9. The highest BCUT2D eigenvalue weighted by Crippen LogP contribution is 2.17. The molecular weight excluding hydrogens is 432 g/mol. The third kappa shape index (κ3) is 4.00. The molecule has 0 aliphatic carbocycles. The Hall–Kier alpha value is -3.56. The summed E-state index contributed by atoms with van der Waals surface area (Å²) in [5.41, 5.74) is 1.02. The van der Waals surface area contributed by atoms with Crippen molar-refractivity contribution in [1.82, 2.24) is 30.0 Å². The minimum Gasteiger partial charge on any atom is -0.451 e. The first-order valence-corrected chi connectivity index (χ1v) is 10.5. The van der Waals surface area contributed by atoms with Gasteiger partial charge in [0.2, 0.25) is 0 Å². The highest BCUT2D eigenvalue weighted by molar-refractivity contribution is 6.30. The van der Waals surface area contributed by atoms with Crippen molar-refractivity contribution in [3.8, 4) is 5.69 Å². The summed E-state index contributed by atoms with van der Waals surface area (Å²) in [5.74, 6) is 0.486. The maximum Gasteiger partial charge on any atom is 0.289 e. The fourth-order valence-corrected chi connectivity index (χ4v) is 3.89. The summed E-state index contributed by atoms with van der Waals surface area (Å²) < 4.78 is 7.38. The zero-order chi connectivity index (χ0) is 22.1. The molecule has 1 amide bonds. The smallest absolute Gasteiger partial charge is 0.289 e. The molecule has 4 aromatic rings. The molecule has 9 nitrogen and oxygen atoms in total. The van der Waals surface area contributed by atoms with Gasteiger partial charge in [0.25, 0.3) is 5.91 Å². The molecule has 0 atom stereocenters. The number of aromatic nitrogens is 4. The van der Waals surface area contributed by atoms with Crippen molar-refractivity contribution in [1.29, 1.82) is 0 Å². The van der Waals surface area contributed by atoms with Crippen LogP contribution in [0.25, 0.3) is 16.7 Å². The molecule has 162 valence electrons. The summed E-state index contributed by atoms with van der Waals surface area (Å²) in [5, 5.41) is 13.1. The Morgan fingerprint density at radius 1 is 1.03 bits per heavy atom. The molecule has 1 aliphatic heterocycles. The second-order valence-electron chi connectivity index (χ2n) is 7.52. The van der Waals surface area contributed by atoms with Gasteiger partial charge in [-0.1, -0.05) is 23.7 Å². The Labute approximate surface area is 187 Å². The van der Waals surface area contributed by atoms with Crippen LogP contribution >= 0.6 is 11.6 Å². The number of tetrazole rings is 1. The maximum atomic E-state index is 12.9. The van der Waals surface area contributed by atoms with Crippen molar-refractivity contribution in [3.05, 3.63) is 81.4 Å². The number of hydrogen-bond acceptors (Lipinski definition) is 7. The Bertz CT molecular complexity index is 1330. The summed E-state index contributed by atoms with van der Waals surface area (Å²) in [6.45, 7) is 2.87. The number of piperazine rings is 1. The molecule has 0 spiro atoms. The molecule has 0 N–H and O–H groups in total. The number of halogens is 1. The van der Waals surface area contributed by atoms with Gasteiger partial charge in [0.1, 0.15) is 5.58 Å². The first-order chi connectivity index (χ1) is 15.6. The van der Waals surface area contributed by atoms with Gasteiger partial charge in [-0.05, 0) is 46.8 Å². The Morgan fingerprint density at radius 2 is 1.78 bits per heavy atom. The van der Waals surface area contributed by atoms with Crippen LogP contribution in [0.15, 0.2) is 63.8 Å². The Balaban J connectivity index is 1.25. The van der Waals surface area contributed by atoms with Crippen molar-refractivity contribution in [2.75, 3.05) is 26.2 Å². The molecule has 3 heterocycles. The first kappa shape index (κ1) is 20.3. The second-order valence-corrected chi connectivity index (χ2v) is 7.96. The lowest BCUT2D eigenvalue weighted by atomic mass is 10.2. The van der Waals surface area contributed by atoms with Gasteiger partial charge in [-0.25, -0.2) is 0 Å². The highest BCUT2D eigenvalue weighted by Gasteiger charge is 2.25. The second kappa shape index (κ2) is 8.52. The molecule has 2 aromatic heterocycles. The molecule has 0 unspecified atom stereocenters. The van der Waals surface area contributed by atoms with Gasteiger partial charge < -0.3 is 9.32 Å². The molecular formula is C22H19ClN6O3. The van der Waals surface area contributed by atoms with E-state index in [1.165, 1.54) is 6.07 Å². The number of carbonyl (C=O) groups is 1. The van der Waals surface area contributed by atoms with E-state index >= 15 is 0 Å². The van der Waals surface area contributed by atoms with Gasteiger partial charge in [-0.3, -0.25) is 14.5 Å². The van der Waals surface area contributed by atoms with Crippen LogP contribution in [-0.2, 0) is 6.54 Å². The first-order valence-electron chi connectivity index (χ1n) is 10.2. The Morgan fingerprint density at radius 3 is 2.56 bits per heavy atom. The van der Waals surface area contributed by atoms with E-state index in [9.17, 15) is 9.59 Å². The highest BCUT2D eigenvalue weighted by atomic mass is 35.5. The normalized spacial score (nSPS) is 14.7. The molecule has 0 saturated carbocycles. The van der Waals surface area contributed by atoms with Crippen LogP contribution in [0.3, 0.4) is 0 Å². The van der Waals surface area contributed by atoms with Gasteiger partial charge in [-0.2, -0.15) is 4.68 Å². The Kier molecular flexibility index (Phi) is 5.42. The van der Waals surface area contributed by atoms with Crippen LogP contribution in [0, 0.1) is 0 Å². The molecule has 2 aromatic carbocycles. The van der Waals surface area contributed by atoms with E-state index in [0.29, 0.717) is 54.5 Å². The van der Waals surface area contributed by atoms with Crippen molar-refractivity contribution >= 4 is 28.5 Å². The van der Waals surface area contributed by atoms with Crippen LogP contribution in [0.5, 0.6) is 0 Å². The minimum absolute atomic E-state index is 0.0637. The number of benzene rings is 2. The largest absolute Gasteiger partial charge is 0.451 e. The minimum atomic E-state index is -0.279. The van der Waals surface area contributed by atoms with E-state index in [1.54, 1.807) is 46.0 Å². The number of carbonyl (C=O) groups excluding carboxylic acids is 1. The fraction of sp³-hybridized carbons (Fsp3) is 0.227. The van der Waals surface area contributed by atoms with Gasteiger partial charge in [0, 0.05) is 37.3 Å². The van der Waals surface area contributed by atoms with E-state index in [4.69, 9.17) is 16.0 Å². The molecule has 1 aliphatic rings. The lowest BCUT2D eigenvalue weighted by Gasteiger charge is -2.34. The van der Waals surface area contributed by atoms with Crippen LogP contribution in [0.1, 0.15) is 16.4 Å². The standard InChI is InChI=1S/C22H19ClN6O3/c23-15-5-7-16(8-6-15)29-21(24-25-26-29)14-27-9-11-28(12-10-27)22(31)20-13-18(30)17-3-1-2-4-19(17)32-20/h1-8,13H,9-12,14H2. The van der Waals surface area contributed by atoms with E-state index in [0.717, 1.165) is 5.69 Å². The molecule has 0 bridgehead atoms. The quantitative estimate of drug-likeness (QED) is 0.470. The SMILES string of the molecule is O=C(c1cc(=O)c2ccccc2o1)N1CCN(Cc2nnnn2-c2ccc(Cl)cc2)CC1. The predicted molar refractivity (Wildman–Crippen MR) is 118 cm³/mol. The van der Waals surface area contributed by atoms with E-state index in [1.807, 2.05) is 12.1 Å². The fourth-order valence-electron chi connectivity index (χ4n) is 3.76. The van der Waals surface area contributed by atoms with Gasteiger partial charge in [0.05, 0.1) is 17.6 Å². The van der Waals surface area contributed by atoms with E-state index in [-0.39, 0.29) is 17.1 Å². The number of amides is 1. The predicted octanol–water partition coefficient (Wildman–Crippen LogP) is 2.38. The zero-order valence-corrected chi connectivity index (χ0v) is 17.8. The van der Waals surface area contributed by atoms with Gasteiger partial charge in [0.15, 0.2) is 17.0 Å². The lowest BCUT2D eigenvalue weighted by molar-refractivity contribution is 0.0594. The summed E-state index contributed by atoms with van der Waals surface area (Å²) in [4.78, 5) is 29.1. The van der Waals surface area contributed by atoms with E-state index in [2.05, 4.69) is 20.4 Å². The van der Waals surface area contributed by atoms with Crippen molar-refractivity contribution in [3.63, 3.8) is 0 Å². The summed E-state index contributed by atoms with van der Waals surface area (Å²) in [6.07, 6.45) is 0. The number of rotatable bonds is 4. The lowest BCUT2D eigenvalue weighted by Crippen LogP contribution is -2.48. The van der Waals surface area contributed by atoms with Crippen molar-refractivity contribution < 1.29 is 9.21 Å². The zero-order valence-electron chi connectivity index (χ0n) is 17.0. The number of nitrogens with zero attached hydrogens (tertiary/aromatic N) is 6. The van der Waals surface area contributed by atoms with E-state index < -0.39 is 0 Å². The molecule has 5 rings (SSSR count). The third-order valence-corrected chi connectivity index (χ3v) is 5.73. The van der Waals surface area contributed by atoms with Crippen LogP contribution < -0.4 is 5.43 Å². The monoisotopic (exact) mass is 450 g/mol. The number of para-hydroxylation sites is 1. The average molecular weight is 451 g/mol. The third-order valence-electron chi connectivity index (χ3n) is 5.48. The summed E-state index contributed by atoms with van der Waals surface area (Å²) in [7, 11) is 0. The molecule has 1 saturated heterocycles. The molecule has 32 heavy (non-hydrogen) atoms. The van der Waals surface area contributed by atoms with Gasteiger partial charge in [-0.15, -0.1) is 5.10 Å². The number of fused-ring (bicyclic) bond motifs is 1. The van der Waals surface area contributed by atoms with Crippen LogP contribution in [0.4, 0.5) is 0 Å². The van der Waals surface area contributed by atoms with Gasteiger partial charge >= 0.3 is 0 Å². The topological polar surface area (TPSA) is 97.4 Å². The molecule has 1 fully saturated rings. The van der Waals surface area contributed by atoms with Crippen molar-refractivity contribution in [2.24, 2.45) is 0 Å². The molecule has 10 heteroatoms. The molecule has 0 radical (unpaired) electrons. The van der Waals surface area contributed by atoms with Crippen molar-refractivity contribution in [2.45, 2.75) is 6.54 Å². The van der Waals surface area contributed by atoms with Crippen LogP contribution in [-0.4, -0.2) is 62.1 Å². The number of hydrogen-bond donors (Lipinski definition) is 0. The average Bonchev–Trinajstić information content (AvgIpc) is 3.27. The van der Waals surface area contributed by atoms with Crippen LogP contribution in [0.2, 0.25) is 5.02 Å².